The van der Waals surface area contributed by atoms with Gasteiger partial charge in [0.25, 0.3) is 0 Å². The second-order valence-corrected chi connectivity index (χ2v) is 12.8. The molecular formula is C45H27N. The van der Waals surface area contributed by atoms with Crippen molar-refractivity contribution in [2.75, 3.05) is 0 Å². The first kappa shape index (κ1) is 24.4. The summed E-state index contributed by atoms with van der Waals surface area (Å²) in [6.07, 6.45) is 0. The van der Waals surface area contributed by atoms with E-state index in [4.69, 9.17) is 0 Å². The highest BCUT2D eigenvalue weighted by Gasteiger charge is 2.50. The lowest BCUT2D eigenvalue weighted by atomic mass is 9.65. The van der Waals surface area contributed by atoms with E-state index in [0.29, 0.717) is 0 Å². The number of rotatable bonds is 1. The Morgan fingerprint density at radius 2 is 0.978 bits per heavy atom. The van der Waals surface area contributed by atoms with Gasteiger partial charge in [-0.15, -0.1) is 0 Å². The van der Waals surface area contributed by atoms with E-state index in [1.54, 1.807) is 0 Å². The Balaban J connectivity index is 1.33. The van der Waals surface area contributed by atoms with Crippen LogP contribution in [-0.4, -0.2) is 4.57 Å². The first-order valence-corrected chi connectivity index (χ1v) is 16.1. The lowest BCUT2D eigenvalue weighted by Crippen LogP contribution is -2.33. The molecule has 0 atom stereocenters. The second kappa shape index (κ2) is 8.62. The van der Waals surface area contributed by atoms with E-state index < -0.39 is 5.41 Å². The smallest absolute Gasteiger partial charge is 0.0754 e. The van der Waals surface area contributed by atoms with Crippen molar-refractivity contribution in [1.29, 1.82) is 0 Å². The second-order valence-electron chi connectivity index (χ2n) is 12.8. The highest BCUT2D eigenvalue weighted by Crippen LogP contribution is 2.61. The molecule has 8 aromatic carbocycles. The highest BCUT2D eigenvalue weighted by atomic mass is 15.0. The fraction of sp³-hybridized carbons (Fsp3) is 0.0222. The third-order valence-electron chi connectivity index (χ3n) is 10.8. The van der Waals surface area contributed by atoms with Crippen molar-refractivity contribution < 1.29 is 0 Å². The Hall–Kier alpha value is -5.92. The van der Waals surface area contributed by atoms with E-state index in [-0.39, 0.29) is 0 Å². The van der Waals surface area contributed by atoms with Gasteiger partial charge >= 0.3 is 0 Å². The minimum absolute atomic E-state index is 0.420. The van der Waals surface area contributed by atoms with Gasteiger partial charge in [-0.3, -0.25) is 0 Å². The Morgan fingerprint density at radius 3 is 1.78 bits per heavy atom. The van der Waals surface area contributed by atoms with Crippen LogP contribution in [0.5, 0.6) is 0 Å². The van der Waals surface area contributed by atoms with Gasteiger partial charge in [0.15, 0.2) is 0 Å². The van der Waals surface area contributed by atoms with E-state index in [1.165, 1.54) is 93.5 Å². The van der Waals surface area contributed by atoms with Crippen molar-refractivity contribution in [2.24, 2.45) is 0 Å². The zero-order chi connectivity index (χ0) is 30.0. The van der Waals surface area contributed by atoms with Crippen LogP contribution >= 0.6 is 0 Å². The molecule has 1 aliphatic heterocycles. The highest BCUT2D eigenvalue weighted by molar-refractivity contribution is 6.15. The molecule has 11 rings (SSSR count). The Kier molecular flexibility index (Phi) is 4.57. The maximum absolute atomic E-state index is 2.55. The molecule has 0 N–H and O–H groups in total. The van der Waals surface area contributed by atoms with Crippen LogP contribution in [0, 0.1) is 0 Å². The number of fused-ring (bicyclic) bond motifs is 15. The van der Waals surface area contributed by atoms with Gasteiger partial charge in [-0.2, -0.15) is 0 Å². The molecule has 0 bridgehead atoms. The van der Waals surface area contributed by atoms with E-state index >= 15 is 0 Å². The maximum Gasteiger partial charge on any atom is 0.0754 e. The summed E-state index contributed by atoms with van der Waals surface area (Å²) in [6.45, 7) is 0. The molecule has 1 nitrogen and oxygen atoms in total. The number of para-hydroxylation sites is 2. The zero-order valence-electron chi connectivity index (χ0n) is 25.0. The number of hydrogen-bond acceptors (Lipinski definition) is 0. The molecule has 1 spiro atoms. The fourth-order valence-electron chi connectivity index (χ4n) is 9.03. The molecule has 2 aliphatic rings. The molecule has 0 saturated carbocycles. The molecule has 0 unspecified atom stereocenters. The third kappa shape index (κ3) is 2.83. The fourth-order valence-corrected chi connectivity index (χ4v) is 9.03. The largest absolute Gasteiger partial charge is 0.309 e. The van der Waals surface area contributed by atoms with Crippen LogP contribution in [-0.2, 0) is 5.41 Å². The van der Waals surface area contributed by atoms with E-state index in [2.05, 4.69) is 168 Å². The standard InChI is InChI=1S/C45H27N/c1-2-13-30-28(12-1)26-37(32-15-4-3-14-31(30)32)29-24-25-40-43(27-29)46-42-23-10-7-18-35(42)36-19-11-22-41(44(36)46)45(40)38-20-8-5-16-33(38)34-17-6-9-21-39(34)45/h1-27H. The molecule has 2 heterocycles. The van der Waals surface area contributed by atoms with Crippen molar-refractivity contribution in [3.05, 3.63) is 186 Å². The lowest BCUT2D eigenvalue weighted by Gasteiger charge is -2.39. The molecule has 9 aromatic rings. The van der Waals surface area contributed by atoms with E-state index in [0.717, 1.165) is 0 Å². The van der Waals surface area contributed by atoms with Gasteiger partial charge in [0, 0.05) is 10.8 Å². The number of benzene rings is 8. The van der Waals surface area contributed by atoms with Crippen molar-refractivity contribution in [3.8, 4) is 27.9 Å². The quantitative estimate of drug-likeness (QED) is 0.170. The van der Waals surface area contributed by atoms with Crippen molar-refractivity contribution >= 4 is 43.4 Å². The first-order valence-electron chi connectivity index (χ1n) is 16.1. The van der Waals surface area contributed by atoms with Crippen molar-refractivity contribution in [1.82, 2.24) is 4.57 Å². The van der Waals surface area contributed by atoms with Crippen molar-refractivity contribution in [3.63, 3.8) is 0 Å². The molecule has 1 aromatic heterocycles. The van der Waals surface area contributed by atoms with Gasteiger partial charge in [-0.1, -0.05) is 146 Å². The van der Waals surface area contributed by atoms with Gasteiger partial charge in [-0.25, -0.2) is 0 Å². The predicted octanol–water partition coefficient (Wildman–Crippen LogP) is 11.4. The molecule has 0 radical (unpaired) electrons. The summed E-state index contributed by atoms with van der Waals surface area (Å²) in [5, 5.41) is 7.74. The summed E-state index contributed by atoms with van der Waals surface area (Å²) in [7, 11) is 0. The molecule has 1 aliphatic carbocycles. The summed E-state index contributed by atoms with van der Waals surface area (Å²) in [4.78, 5) is 0. The van der Waals surface area contributed by atoms with Gasteiger partial charge in [0.05, 0.1) is 22.1 Å². The predicted molar refractivity (Wildman–Crippen MR) is 192 cm³/mol. The molecular weight excluding hydrogens is 555 g/mol. The Bertz CT molecular complexity index is 2710. The zero-order valence-corrected chi connectivity index (χ0v) is 25.0. The monoisotopic (exact) mass is 581 g/mol. The van der Waals surface area contributed by atoms with Crippen LogP contribution in [0.15, 0.2) is 164 Å². The van der Waals surface area contributed by atoms with Crippen molar-refractivity contribution in [2.45, 2.75) is 5.41 Å². The summed E-state index contributed by atoms with van der Waals surface area (Å²) in [5.74, 6) is 0. The van der Waals surface area contributed by atoms with Gasteiger partial charge in [0.1, 0.15) is 0 Å². The molecule has 46 heavy (non-hydrogen) atoms. The average Bonchev–Trinajstić information content (AvgIpc) is 3.62. The summed E-state index contributed by atoms with van der Waals surface area (Å²) in [6, 6.07) is 61.3. The number of aromatic nitrogens is 1. The summed E-state index contributed by atoms with van der Waals surface area (Å²) >= 11 is 0. The van der Waals surface area contributed by atoms with E-state index in [9.17, 15) is 0 Å². The summed E-state index contributed by atoms with van der Waals surface area (Å²) < 4.78 is 2.55. The normalized spacial score (nSPS) is 13.8. The Labute approximate surface area is 266 Å². The van der Waals surface area contributed by atoms with Gasteiger partial charge < -0.3 is 4.57 Å². The molecule has 0 saturated heterocycles. The van der Waals surface area contributed by atoms with Crippen LogP contribution < -0.4 is 0 Å². The minimum Gasteiger partial charge on any atom is -0.309 e. The maximum atomic E-state index is 2.55. The number of hydrogen-bond donors (Lipinski definition) is 0. The van der Waals surface area contributed by atoms with E-state index in [1.807, 2.05) is 0 Å². The summed E-state index contributed by atoms with van der Waals surface area (Å²) in [5.41, 5.74) is 14.0. The van der Waals surface area contributed by atoms with Gasteiger partial charge in [0.2, 0.25) is 0 Å². The molecule has 0 fully saturated rings. The lowest BCUT2D eigenvalue weighted by molar-refractivity contribution is 0.749. The third-order valence-corrected chi connectivity index (χ3v) is 10.8. The Morgan fingerprint density at radius 1 is 0.370 bits per heavy atom. The van der Waals surface area contributed by atoms with Gasteiger partial charge in [-0.05, 0) is 84.3 Å². The molecule has 0 amide bonds. The average molecular weight is 582 g/mol. The molecule has 1 heteroatoms. The van der Waals surface area contributed by atoms with Crippen LogP contribution in [0.1, 0.15) is 22.3 Å². The minimum atomic E-state index is -0.420. The van der Waals surface area contributed by atoms with Crippen LogP contribution in [0.2, 0.25) is 0 Å². The SMILES string of the molecule is c1ccc2c(c1)-c1ccccc1C21c2ccc(-c3cc4ccccc4c4ccccc34)cc2-n2c3ccccc3c3cccc1c32. The van der Waals surface area contributed by atoms with Crippen LogP contribution in [0.3, 0.4) is 0 Å². The van der Waals surface area contributed by atoms with Crippen LogP contribution in [0.25, 0.3) is 71.3 Å². The molecule has 212 valence electrons. The number of nitrogens with zero attached hydrogens (tertiary/aromatic N) is 1. The van der Waals surface area contributed by atoms with Crippen LogP contribution in [0.4, 0.5) is 0 Å². The topological polar surface area (TPSA) is 4.93 Å². The first-order chi connectivity index (χ1) is 22.8.